The van der Waals surface area contributed by atoms with Gasteiger partial charge in [0.15, 0.2) is 5.65 Å². The number of aromatic nitrogens is 3. The van der Waals surface area contributed by atoms with Crippen molar-refractivity contribution in [1.82, 2.24) is 14.5 Å². The minimum atomic E-state index is 0.576. The third kappa shape index (κ3) is 2.38. The van der Waals surface area contributed by atoms with Crippen LogP contribution in [0.5, 0.6) is 0 Å². The Morgan fingerprint density at radius 1 is 1.37 bits per heavy atom. The van der Waals surface area contributed by atoms with Crippen molar-refractivity contribution >= 4 is 34.1 Å². The first-order chi connectivity index (χ1) is 9.29. The second kappa shape index (κ2) is 5.31. The SMILES string of the molecule is Cc1ccnc2c1nc(CCCl)n2Cc1cccs1. The number of nitrogens with zero attached hydrogens (tertiary/aromatic N) is 3. The van der Waals surface area contributed by atoms with Gasteiger partial charge in [0.25, 0.3) is 0 Å². The molecular formula is C14H14ClN3S. The molecule has 5 heteroatoms. The van der Waals surface area contributed by atoms with Crippen LogP contribution < -0.4 is 0 Å². The Kier molecular flexibility index (Phi) is 3.53. The molecule has 0 unspecified atom stereocenters. The van der Waals surface area contributed by atoms with E-state index >= 15 is 0 Å². The van der Waals surface area contributed by atoms with Gasteiger partial charge in [0.2, 0.25) is 0 Å². The molecule has 3 aromatic rings. The summed E-state index contributed by atoms with van der Waals surface area (Å²) in [7, 11) is 0. The first kappa shape index (κ1) is 12.6. The predicted molar refractivity (Wildman–Crippen MR) is 80.1 cm³/mol. The summed E-state index contributed by atoms with van der Waals surface area (Å²) in [6.07, 6.45) is 2.61. The zero-order valence-corrected chi connectivity index (χ0v) is 12.2. The normalized spacial score (nSPS) is 11.3. The molecule has 0 aromatic carbocycles. The summed E-state index contributed by atoms with van der Waals surface area (Å²) < 4.78 is 2.18. The lowest BCUT2D eigenvalue weighted by molar-refractivity contribution is 0.756. The number of aryl methyl sites for hydroxylation is 2. The van der Waals surface area contributed by atoms with Gasteiger partial charge in [-0.15, -0.1) is 22.9 Å². The summed E-state index contributed by atoms with van der Waals surface area (Å²) in [5, 5.41) is 2.09. The molecule has 0 aliphatic rings. The zero-order valence-electron chi connectivity index (χ0n) is 10.6. The van der Waals surface area contributed by atoms with Crippen molar-refractivity contribution < 1.29 is 0 Å². The number of imidazole rings is 1. The third-order valence-electron chi connectivity index (χ3n) is 3.13. The van der Waals surface area contributed by atoms with Crippen molar-refractivity contribution in [1.29, 1.82) is 0 Å². The lowest BCUT2D eigenvalue weighted by Gasteiger charge is -2.06. The number of rotatable bonds is 4. The second-order valence-corrected chi connectivity index (χ2v) is 5.84. The molecule has 0 aliphatic carbocycles. The Morgan fingerprint density at radius 2 is 2.26 bits per heavy atom. The minimum Gasteiger partial charge on any atom is -0.307 e. The molecule has 19 heavy (non-hydrogen) atoms. The van der Waals surface area contributed by atoms with Gasteiger partial charge in [-0.2, -0.15) is 0 Å². The van der Waals surface area contributed by atoms with E-state index < -0.39 is 0 Å². The molecule has 0 aliphatic heterocycles. The first-order valence-corrected chi connectivity index (χ1v) is 7.60. The molecule has 3 aromatic heterocycles. The van der Waals surface area contributed by atoms with E-state index in [0.717, 1.165) is 35.5 Å². The third-order valence-corrected chi connectivity index (χ3v) is 4.18. The van der Waals surface area contributed by atoms with Gasteiger partial charge in [-0.05, 0) is 30.0 Å². The maximum absolute atomic E-state index is 5.89. The Hall–Kier alpha value is -1.39. The van der Waals surface area contributed by atoms with Gasteiger partial charge in [0.05, 0.1) is 6.54 Å². The predicted octanol–water partition coefficient (Wildman–Crippen LogP) is 3.63. The van der Waals surface area contributed by atoms with Gasteiger partial charge in [-0.25, -0.2) is 9.97 Å². The topological polar surface area (TPSA) is 30.7 Å². The lowest BCUT2D eigenvalue weighted by atomic mass is 10.3. The van der Waals surface area contributed by atoms with Crippen LogP contribution in [0.1, 0.15) is 16.3 Å². The monoisotopic (exact) mass is 291 g/mol. The average Bonchev–Trinajstić information content (AvgIpc) is 3.01. The lowest BCUT2D eigenvalue weighted by Crippen LogP contribution is -2.05. The van der Waals surface area contributed by atoms with Gasteiger partial charge in [-0.3, -0.25) is 0 Å². The molecule has 0 amide bonds. The molecule has 0 atom stereocenters. The van der Waals surface area contributed by atoms with Crippen LogP contribution in [0.2, 0.25) is 0 Å². The highest BCUT2D eigenvalue weighted by Gasteiger charge is 2.13. The fourth-order valence-electron chi connectivity index (χ4n) is 2.18. The summed E-state index contributed by atoms with van der Waals surface area (Å²) in [5.74, 6) is 1.59. The van der Waals surface area contributed by atoms with E-state index in [9.17, 15) is 0 Å². The van der Waals surface area contributed by atoms with Gasteiger partial charge >= 0.3 is 0 Å². The highest BCUT2D eigenvalue weighted by molar-refractivity contribution is 7.09. The van der Waals surface area contributed by atoms with E-state index in [1.54, 1.807) is 11.3 Å². The Bertz CT molecular complexity index is 688. The van der Waals surface area contributed by atoms with Crippen molar-refractivity contribution in [2.24, 2.45) is 0 Å². The smallest absolute Gasteiger partial charge is 0.160 e. The van der Waals surface area contributed by atoms with Crippen LogP contribution in [-0.4, -0.2) is 20.4 Å². The number of thiophene rings is 1. The molecule has 3 rings (SSSR count). The van der Waals surface area contributed by atoms with Gasteiger partial charge in [0.1, 0.15) is 11.3 Å². The summed E-state index contributed by atoms with van der Waals surface area (Å²) in [6, 6.07) is 6.20. The van der Waals surface area contributed by atoms with Crippen LogP contribution in [0, 0.1) is 6.92 Å². The zero-order chi connectivity index (χ0) is 13.2. The van der Waals surface area contributed by atoms with E-state index in [-0.39, 0.29) is 0 Å². The largest absolute Gasteiger partial charge is 0.307 e. The summed E-state index contributed by atoms with van der Waals surface area (Å²) in [6.45, 7) is 2.88. The minimum absolute atomic E-state index is 0.576. The summed E-state index contributed by atoms with van der Waals surface area (Å²) >= 11 is 7.64. The van der Waals surface area contributed by atoms with Crippen LogP contribution in [0.25, 0.3) is 11.2 Å². The first-order valence-electron chi connectivity index (χ1n) is 6.18. The van der Waals surface area contributed by atoms with Crippen LogP contribution in [0.3, 0.4) is 0 Å². The van der Waals surface area contributed by atoms with E-state index in [4.69, 9.17) is 16.6 Å². The highest BCUT2D eigenvalue weighted by atomic mass is 35.5. The molecule has 98 valence electrons. The number of fused-ring (bicyclic) bond motifs is 1. The van der Waals surface area contributed by atoms with Crippen LogP contribution in [0.15, 0.2) is 29.8 Å². The molecule has 0 saturated carbocycles. The molecule has 0 radical (unpaired) electrons. The summed E-state index contributed by atoms with van der Waals surface area (Å²) in [5.41, 5.74) is 3.10. The maximum atomic E-state index is 5.89. The van der Waals surface area contributed by atoms with E-state index in [1.807, 2.05) is 12.3 Å². The highest BCUT2D eigenvalue weighted by Crippen LogP contribution is 2.21. The molecule has 3 nitrogen and oxygen atoms in total. The Morgan fingerprint density at radius 3 is 3.00 bits per heavy atom. The molecule has 0 N–H and O–H groups in total. The van der Waals surface area contributed by atoms with Gasteiger partial charge in [0, 0.05) is 23.4 Å². The molecular weight excluding hydrogens is 278 g/mol. The number of pyridine rings is 1. The number of hydrogen-bond acceptors (Lipinski definition) is 3. The van der Waals surface area contributed by atoms with Crippen molar-refractivity contribution in [2.45, 2.75) is 19.9 Å². The molecule has 3 heterocycles. The van der Waals surface area contributed by atoms with E-state index in [0.29, 0.717) is 5.88 Å². The van der Waals surface area contributed by atoms with Crippen molar-refractivity contribution in [3.8, 4) is 0 Å². The standard InChI is InChI=1S/C14H14ClN3S/c1-10-5-7-16-14-13(10)17-12(4-6-15)18(14)9-11-3-2-8-19-11/h2-3,5,7-8H,4,6,9H2,1H3. The van der Waals surface area contributed by atoms with Crippen molar-refractivity contribution in [3.05, 3.63) is 46.0 Å². The Balaban J connectivity index is 2.13. The average molecular weight is 292 g/mol. The molecule has 0 bridgehead atoms. The molecule has 0 fully saturated rings. The Labute approximate surface area is 120 Å². The number of hydrogen-bond donors (Lipinski definition) is 0. The van der Waals surface area contributed by atoms with E-state index in [1.165, 1.54) is 4.88 Å². The van der Waals surface area contributed by atoms with E-state index in [2.05, 4.69) is 34.0 Å². The number of alkyl halides is 1. The second-order valence-electron chi connectivity index (χ2n) is 4.43. The van der Waals surface area contributed by atoms with Crippen molar-refractivity contribution in [3.63, 3.8) is 0 Å². The molecule has 0 saturated heterocycles. The van der Waals surface area contributed by atoms with Crippen LogP contribution in [0.4, 0.5) is 0 Å². The maximum Gasteiger partial charge on any atom is 0.160 e. The number of halogens is 1. The van der Waals surface area contributed by atoms with Gasteiger partial charge < -0.3 is 4.57 Å². The summed E-state index contributed by atoms with van der Waals surface area (Å²) in [4.78, 5) is 10.5. The van der Waals surface area contributed by atoms with Crippen LogP contribution in [-0.2, 0) is 13.0 Å². The molecule has 0 spiro atoms. The fraction of sp³-hybridized carbons (Fsp3) is 0.286. The van der Waals surface area contributed by atoms with Crippen molar-refractivity contribution in [2.75, 3.05) is 5.88 Å². The van der Waals surface area contributed by atoms with Gasteiger partial charge in [-0.1, -0.05) is 6.07 Å². The quantitative estimate of drug-likeness (QED) is 0.687. The van der Waals surface area contributed by atoms with Crippen LogP contribution >= 0.6 is 22.9 Å². The fourth-order valence-corrected chi connectivity index (χ4v) is 3.05.